The summed E-state index contributed by atoms with van der Waals surface area (Å²) in [5, 5.41) is 14.1. The lowest BCUT2D eigenvalue weighted by atomic mass is 10.0. The van der Waals surface area contributed by atoms with Gasteiger partial charge < -0.3 is 9.84 Å². The van der Waals surface area contributed by atoms with Crippen molar-refractivity contribution < 1.29 is 14.2 Å². The van der Waals surface area contributed by atoms with Crippen molar-refractivity contribution in [2.45, 2.75) is 12.5 Å². The highest BCUT2D eigenvalue weighted by atomic mass is 19.1. The van der Waals surface area contributed by atoms with Gasteiger partial charge in [0.25, 0.3) is 0 Å². The fraction of sp³-hybridized carbons (Fsp3) is 0.308. The van der Waals surface area contributed by atoms with Gasteiger partial charge in [-0.1, -0.05) is 12.1 Å². The zero-order chi connectivity index (χ0) is 13.1. The molecule has 0 aliphatic heterocycles. The lowest BCUT2D eigenvalue weighted by Gasteiger charge is -2.10. The number of hydrogen-bond acceptors (Lipinski definition) is 3. The number of benzene rings is 1. The predicted molar refractivity (Wildman–Crippen MR) is 64.8 cm³/mol. The molecule has 1 heterocycles. The van der Waals surface area contributed by atoms with E-state index < -0.39 is 11.9 Å². The van der Waals surface area contributed by atoms with E-state index in [0.717, 1.165) is 0 Å². The van der Waals surface area contributed by atoms with Crippen LogP contribution in [0.2, 0.25) is 0 Å². The minimum absolute atomic E-state index is 0.167. The monoisotopic (exact) mass is 250 g/mol. The lowest BCUT2D eigenvalue weighted by Crippen LogP contribution is -2.05. The largest absolute Gasteiger partial charge is 0.494 e. The van der Waals surface area contributed by atoms with E-state index in [4.69, 9.17) is 4.74 Å². The first-order chi connectivity index (χ1) is 8.61. The van der Waals surface area contributed by atoms with Crippen LogP contribution in [-0.2, 0) is 13.5 Å². The first-order valence-electron chi connectivity index (χ1n) is 5.61. The van der Waals surface area contributed by atoms with Crippen LogP contribution in [-0.4, -0.2) is 22.0 Å². The molecule has 4 nitrogen and oxygen atoms in total. The highest BCUT2D eigenvalue weighted by Gasteiger charge is 2.15. The summed E-state index contributed by atoms with van der Waals surface area (Å²) in [5.74, 6) is -0.254. The molecule has 0 radical (unpaired) electrons. The van der Waals surface area contributed by atoms with Gasteiger partial charge in [-0.2, -0.15) is 5.10 Å². The van der Waals surface area contributed by atoms with Gasteiger partial charge in [0, 0.05) is 19.7 Å². The molecular weight excluding hydrogens is 235 g/mol. The number of aliphatic hydroxyl groups is 1. The maximum absolute atomic E-state index is 13.9. The number of aromatic nitrogens is 2. The van der Waals surface area contributed by atoms with Gasteiger partial charge in [-0.25, -0.2) is 4.39 Å². The number of nitrogens with zero attached hydrogens (tertiary/aromatic N) is 2. The molecule has 0 saturated heterocycles. The Bertz CT molecular complexity index is 540. The zero-order valence-electron chi connectivity index (χ0n) is 10.3. The highest BCUT2D eigenvalue weighted by Crippen LogP contribution is 2.24. The third-order valence-corrected chi connectivity index (χ3v) is 2.75. The van der Waals surface area contributed by atoms with Crippen LogP contribution in [0, 0.1) is 5.82 Å². The Morgan fingerprint density at radius 2 is 2.22 bits per heavy atom. The molecule has 0 aliphatic rings. The van der Waals surface area contributed by atoms with Crippen LogP contribution < -0.4 is 4.74 Å². The van der Waals surface area contributed by atoms with Crippen molar-refractivity contribution in [3.05, 3.63) is 47.5 Å². The third-order valence-electron chi connectivity index (χ3n) is 2.75. The maximum Gasteiger partial charge on any atom is 0.168 e. The average molecular weight is 250 g/mol. The van der Waals surface area contributed by atoms with Crippen molar-refractivity contribution >= 4 is 0 Å². The molecule has 1 atom stereocenters. The van der Waals surface area contributed by atoms with Crippen molar-refractivity contribution in [2.75, 3.05) is 7.11 Å². The van der Waals surface area contributed by atoms with E-state index in [2.05, 4.69) is 5.10 Å². The predicted octanol–water partition coefficient (Wildman–Crippen LogP) is 1.84. The molecule has 5 heteroatoms. The fourth-order valence-electron chi connectivity index (χ4n) is 1.80. The van der Waals surface area contributed by atoms with Gasteiger partial charge in [-0.15, -0.1) is 0 Å². The normalized spacial score (nSPS) is 12.4. The Morgan fingerprint density at radius 3 is 2.83 bits per heavy atom. The second-order valence-electron chi connectivity index (χ2n) is 4.07. The van der Waals surface area contributed by atoms with Gasteiger partial charge in [0.05, 0.1) is 12.8 Å². The number of rotatable bonds is 4. The van der Waals surface area contributed by atoms with Crippen molar-refractivity contribution in [3.63, 3.8) is 0 Å². The number of halogens is 1. The van der Waals surface area contributed by atoms with Crippen LogP contribution in [0.5, 0.6) is 5.75 Å². The molecule has 0 aliphatic carbocycles. The molecule has 0 bridgehead atoms. The first kappa shape index (κ1) is 12.6. The van der Waals surface area contributed by atoms with Gasteiger partial charge in [0.15, 0.2) is 11.6 Å². The number of methoxy groups -OCH3 is 1. The SMILES string of the molecule is COc1cccc(CC(O)c2ccn(C)n2)c1F. The van der Waals surface area contributed by atoms with E-state index in [0.29, 0.717) is 11.3 Å². The summed E-state index contributed by atoms with van der Waals surface area (Å²) in [6, 6.07) is 6.58. The first-order valence-corrected chi connectivity index (χ1v) is 5.61. The van der Waals surface area contributed by atoms with Gasteiger partial charge in [-0.05, 0) is 17.7 Å². The summed E-state index contributed by atoms with van der Waals surface area (Å²) in [4.78, 5) is 0. The van der Waals surface area contributed by atoms with Crippen LogP contribution in [0.1, 0.15) is 17.4 Å². The van der Waals surface area contributed by atoms with Crippen LogP contribution in [0.25, 0.3) is 0 Å². The van der Waals surface area contributed by atoms with E-state index in [1.807, 2.05) is 0 Å². The summed E-state index contributed by atoms with van der Waals surface area (Å²) in [5.41, 5.74) is 0.937. The minimum Gasteiger partial charge on any atom is -0.494 e. The molecule has 2 rings (SSSR count). The molecule has 96 valence electrons. The minimum atomic E-state index is -0.826. The average Bonchev–Trinajstić information content (AvgIpc) is 2.78. The molecule has 0 fully saturated rings. The van der Waals surface area contributed by atoms with E-state index in [1.54, 1.807) is 42.2 Å². The summed E-state index contributed by atoms with van der Waals surface area (Å²) in [6.45, 7) is 0. The molecule has 0 amide bonds. The third kappa shape index (κ3) is 2.51. The van der Waals surface area contributed by atoms with Gasteiger partial charge in [0.1, 0.15) is 6.10 Å². The van der Waals surface area contributed by atoms with E-state index in [-0.39, 0.29) is 12.2 Å². The van der Waals surface area contributed by atoms with E-state index >= 15 is 0 Å². The fourth-order valence-corrected chi connectivity index (χ4v) is 1.80. The smallest absolute Gasteiger partial charge is 0.168 e. The molecule has 1 N–H and O–H groups in total. The van der Waals surface area contributed by atoms with Crippen LogP contribution in [0.3, 0.4) is 0 Å². The lowest BCUT2D eigenvalue weighted by molar-refractivity contribution is 0.171. The second-order valence-corrected chi connectivity index (χ2v) is 4.07. The van der Waals surface area contributed by atoms with Gasteiger partial charge in [-0.3, -0.25) is 4.68 Å². The van der Waals surface area contributed by atoms with Crippen molar-refractivity contribution in [1.82, 2.24) is 9.78 Å². The summed E-state index contributed by atoms with van der Waals surface area (Å²) in [7, 11) is 3.18. The standard InChI is InChI=1S/C13H15FN2O2/c1-16-7-6-10(15-16)11(17)8-9-4-3-5-12(18-2)13(9)14/h3-7,11,17H,8H2,1-2H3. The Morgan fingerprint density at radius 1 is 1.44 bits per heavy atom. The number of aliphatic hydroxyl groups excluding tert-OH is 1. The zero-order valence-corrected chi connectivity index (χ0v) is 10.3. The second kappa shape index (κ2) is 5.18. The van der Waals surface area contributed by atoms with Crippen LogP contribution in [0.15, 0.2) is 30.5 Å². The molecule has 1 aromatic carbocycles. The Labute approximate surface area is 105 Å². The molecule has 1 aromatic heterocycles. The highest BCUT2D eigenvalue weighted by molar-refractivity contribution is 5.31. The number of ether oxygens (including phenoxy) is 1. The van der Waals surface area contributed by atoms with Crippen molar-refractivity contribution in [3.8, 4) is 5.75 Å². The number of aryl methyl sites for hydroxylation is 1. The maximum atomic E-state index is 13.9. The summed E-state index contributed by atoms with van der Waals surface area (Å²) < 4.78 is 20.4. The molecule has 0 spiro atoms. The van der Waals surface area contributed by atoms with Gasteiger partial charge >= 0.3 is 0 Å². The molecule has 1 unspecified atom stereocenters. The molecule has 0 saturated carbocycles. The Kier molecular flexibility index (Phi) is 3.62. The number of hydrogen-bond donors (Lipinski definition) is 1. The van der Waals surface area contributed by atoms with E-state index in [1.165, 1.54) is 7.11 Å². The summed E-state index contributed by atoms with van der Waals surface area (Å²) in [6.07, 6.45) is 1.08. The Hall–Kier alpha value is -1.88. The molecule has 2 aromatic rings. The van der Waals surface area contributed by atoms with E-state index in [9.17, 15) is 9.50 Å². The van der Waals surface area contributed by atoms with Crippen LogP contribution in [0.4, 0.5) is 4.39 Å². The van der Waals surface area contributed by atoms with Crippen molar-refractivity contribution in [1.29, 1.82) is 0 Å². The molecular formula is C13H15FN2O2. The quantitative estimate of drug-likeness (QED) is 0.900. The van der Waals surface area contributed by atoms with Crippen molar-refractivity contribution in [2.24, 2.45) is 7.05 Å². The topological polar surface area (TPSA) is 47.3 Å². The van der Waals surface area contributed by atoms with Gasteiger partial charge in [0.2, 0.25) is 0 Å². The molecule has 18 heavy (non-hydrogen) atoms. The summed E-state index contributed by atoms with van der Waals surface area (Å²) >= 11 is 0. The van der Waals surface area contributed by atoms with Crippen LogP contribution >= 0.6 is 0 Å². The Balaban J connectivity index is 2.19.